The van der Waals surface area contributed by atoms with Gasteiger partial charge in [-0.15, -0.1) is 0 Å². The number of methoxy groups -OCH3 is 1. The van der Waals surface area contributed by atoms with Crippen molar-refractivity contribution in [3.63, 3.8) is 0 Å². The average Bonchev–Trinajstić information content (AvgIpc) is 3.53. The van der Waals surface area contributed by atoms with Gasteiger partial charge in [-0.2, -0.15) is 0 Å². The number of Topliss-reactive ketones (excluding diaryl/α,β-unsaturated/α-hetero) is 2. The van der Waals surface area contributed by atoms with Gasteiger partial charge in [-0.3, -0.25) is 24.0 Å². The van der Waals surface area contributed by atoms with Crippen molar-refractivity contribution in [1.82, 2.24) is 4.90 Å². The molecule has 41 heavy (non-hydrogen) atoms. The Balaban J connectivity index is 1.20. The molecule has 4 aliphatic carbocycles. The van der Waals surface area contributed by atoms with Crippen LogP contribution in [-0.4, -0.2) is 77.1 Å². The van der Waals surface area contributed by atoms with Gasteiger partial charge in [0.1, 0.15) is 17.4 Å². The summed E-state index contributed by atoms with van der Waals surface area (Å²) in [5.74, 6) is -2.30. The smallest absolute Gasteiger partial charge is 0.328 e. The van der Waals surface area contributed by atoms with Gasteiger partial charge in [0.25, 0.3) is 0 Å². The molecule has 0 aromatic rings. The fourth-order valence-corrected chi connectivity index (χ4v) is 8.98. The van der Waals surface area contributed by atoms with Gasteiger partial charge in [0.2, 0.25) is 11.7 Å². The van der Waals surface area contributed by atoms with E-state index < -0.39 is 41.4 Å². The number of likely N-dealkylation sites (tertiary alicyclic amines) is 1. The average molecular weight is 572 g/mol. The maximum Gasteiger partial charge on any atom is 0.328 e. The molecule has 0 radical (unpaired) electrons. The molecule has 10 nitrogen and oxygen atoms in total. The predicted molar refractivity (Wildman–Crippen MR) is 144 cm³/mol. The van der Waals surface area contributed by atoms with Crippen LogP contribution in [0.2, 0.25) is 0 Å². The van der Waals surface area contributed by atoms with E-state index in [1.165, 1.54) is 12.0 Å². The molecular formula is C31H41NO9. The van der Waals surface area contributed by atoms with E-state index in [0.29, 0.717) is 38.6 Å². The topological polar surface area (TPSA) is 144 Å². The number of hydrogen-bond acceptors (Lipinski definition) is 9. The fourth-order valence-electron chi connectivity index (χ4n) is 8.98. The first-order valence-corrected chi connectivity index (χ1v) is 14.9. The molecule has 5 rings (SSSR count). The third kappa shape index (κ3) is 4.76. The normalized spacial score (nSPS) is 38.0. The Morgan fingerprint density at radius 3 is 2.54 bits per heavy atom. The van der Waals surface area contributed by atoms with Gasteiger partial charge < -0.3 is 19.5 Å². The highest BCUT2D eigenvalue weighted by atomic mass is 16.5. The molecule has 1 saturated heterocycles. The molecule has 7 atom stereocenters. The first-order chi connectivity index (χ1) is 19.4. The van der Waals surface area contributed by atoms with Gasteiger partial charge >= 0.3 is 11.9 Å². The second-order valence-corrected chi connectivity index (χ2v) is 13.2. The number of ether oxygens (including phenoxy) is 2. The Kier molecular flexibility index (Phi) is 7.76. The van der Waals surface area contributed by atoms with E-state index in [0.717, 1.165) is 18.4 Å². The summed E-state index contributed by atoms with van der Waals surface area (Å²) in [6.07, 6.45) is 5.92. The number of hydrogen-bond donors (Lipinski definition) is 1. The molecule has 0 bridgehead atoms. The zero-order valence-electron chi connectivity index (χ0n) is 24.2. The van der Waals surface area contributed by atoms with Crippen molar-refractivity contribution in [2.75, 3.05) is 20.3 Å². The molecular weight excluding hydrogens is 530 g/mol. The highest BCUT2D eigenvalue weighted by molar-refractivity contribution is 5.95. The quantitative estimate of drug-likeness (QED) is 0.456. The predicted octanol–water partition coefficient (Wildman–Crippen LogP) is 2.48. The van der Waals surface area contributed by atoms with Crippen LogP contribution in [0.1, 0.15) is 84.5 Å². The number of ketones is 3. The molecule has 1 amide bonds. The van der Waals surface area contributed by atoms with Gasteiger partial charge in [0, 0.05) is 37.1 Å². The summed E-state index contributed by atoms with van der Waals surface area (Å²) in [7, 11) is 1.27. The van der Waals surface area contributed by atoms with Gasteiger partial charge in [-0.25, -0.2) is 4.79 Å². The van der Waals surface area contributed by atoms with Crippen molar-refractivity contribution < 1.29 is 43.3 Å². The summed E-state index contributed by atoms with van der Waals surface area (Å²) in [6.45, 7) is 3.70. The molecule has 1 aliphatic heterocycles. The lowest BCUT2D eigenvalue weighted by Gasteiger charge is -2.57. The zero-order valence-corrected chi connectivity index (χ0v) is 24.2. The Labute approximate surface area is 240 Å². The molecule has 0 aromatic heterocycles. The van der Waals surface area contributed by atoms with E-state index in [1.807, 2.05) is 6.92 Å². The van der Waals surface area contributed by atoms with Gasteiger partial charge in [-0.05, 0) is 68.3 Å². The van der Waals surface area contributed by atoms with Crippen LogP contribution in [0.4, 0.5) is 0 Å². The van der Waals surface area contributed by atoms with Crippen LogP contribution in [0.5, 0.6) is 0 Å². The minimum Gasteiger partial charge on any atom is -0.467 e. The lowest BCUT2D eigenvalue weighted by Crippen LogP contribution is -2.61. The lowest BCUT2D eigenvalue weighted by atomic mass is 9.46. The third-order valence-corrected chi connectivity index (χ3v) is 11.2. The Bertz CT molecular complexity index is 1210. The standard InChI is InChI=1S/C31H41NO9/c1-29-12-10-19(33)15-18(29)6-7-20-21-11-13-31(39,30(21,2)16-23(34)27(20)29)24(35)17-41-26(37)9-8-25(36)32-14-4-5-22(32)28(38)40-3/h15,20-22,27,39H,4-14,16-17H2,1-3H3/t20-,21+,22-,27-,29-,30-,31-/m0/s1. The van der Waals surface area contributed by atoms with Crippen LogP contribution in [0, 0.1) is 28.6 Å². The lowest BCUT2D eigenvalue weighted by molar-refractivity contribution is -0.174. The summed E-state index contributed by atoms with van der Waals surface area (Å²) >= 11 is 0. The second-order valence-electron chi connectivity index (χ2n) is 13.2. The van der Waals surface area contributed by atoms with Crippen molar-refractivity contribution in [2.45, 2.75) is 96.1 Å². The van der Waals surface area contributed by atoms with E-state index in [-0.39, 0.29) is 66.3 Å². The molecule has 4 fully saturated rings. The van der Waals surface area contributed by atoms with E-state index in [2.05, 4.69) is 6.92 Å². The fraction of sp³-hybridized carbons (Fsp3) is 0.742. The highest BCUT2D eigenvalue weighted by Crippen LogP contribution is 2.66. The SMILES string of the molecule is COC(=O)[C@@H]1CCCN1C(=O)CCC(=O)OCC(=O)[C@@]1(O)CC[C@@H]2[C@@H]3CCC4=CC(=O)CC[C@]4(C)[C@@H]3C(=O)C[C@@]21C. The summed E-state index contributed by atoms with van der Waals surface area (Å²) in [6, 6.07) is -0.650. The van der Waals surface area contributed by atoms with Crippen LogP contribution in [0.25, 0.3) is 0 Å². The number of fused-ring (bicyclic) bond motifs is 5. The number of nitrogens with zero attached hydrogens (tertiary/aromatic N) is 1. The summed E-state index contributed by atoms with van der Waals surface area (Å²) in [4.78, 5) is 77.6. The Hall–Kier alpha value is -2.88. The van der Waals surface area contributed by atoms with Crippen LogP contribution in [-0.2, 0) is 38.2 Å². The number of allylic oxidation sites excluding steroid dienone is 1. The van der Waals surface area contributed by atoms with Gasteiger partial charge in [0.15, 0.2) is 12.4 Å². The monoisotopic (exact) mass is 571 g/mol. The number of carbonyl (C=O) groups is 6. The van der Waals surface area contributed by atoms with E-state index in [1.54, 1.807) is 6.08 Å². The minimum absolute atomic E-state index is 0.0198. The van der Waals surface area contributed by atoms with E-state index in [4.69, 9.17) is 9.47 Å². The molecule has 3 saturated carbocycles. The number of carbonyl (C=O) groups excluding carboxylic acids is 6. The molecule has 1 N–H and O–H groups in total. The highest BCUT2D eigenvalue weighted by Gasteiger charge is 2.68. The van der Waals surface area contributed by atoms with Crippen LogP contribution < -0.4 is 0 Å². The van der Waals surface area contributed by atoms with Crippen LogP contribution in [0.3, 0.4) is 0 Å². The van der Waals surface area contributed by atoms with E-state index >= 15 is 0 Å². The van der Waals surface area contributed by atoms with Crippen molar-refractivity contribution >= 4 is 35.2 Å². The minimum atomic E-state index is -1.79. The number of esters is 2. The Morgan fingerprint density at radius 1 is 1.05 bits per heavy atom. The summed E-state index contributed by atoms with van der Waals surface area (Å²) in [5, 5.41) is 11.8. The maximum absolute atomic E-state index is 13.8. The van der Waals surface area contributed by atoms with Crippen molar-refractivity contribution in [3.05, 3.63) is 11.6 Å². The Morgan fingerprint density at radius 2 is 1.80 bits per heavy atom. The number of rotatable bonds is 7. The molecule has 0 unspecified atom stereocenters. The third-order valence-electron chi connectivity index (χ3n) is 11.2. The second kappa shape index (κ2) is 10.7. The summed E-state index contributed by atoms with van der Waals surface area (Å²) in [5.41, 5.74) is -2.06. The largest absolute Gasteiger partial charge is 0.467 e. The molecule has 5 aliphatic rings. The first-order valence-electron chi connectivity index (χ1n) is 14.9. The van der Waals surface area contributed by atoms with Crippen molar-refractivity contribution in [3.8, 4) is 0 Å². The van der Waals surface area contributed by atoms with Crippen molar-refractivity contribution in [2.24, 2.45) is 28.6 Å². The summed E-state index contributed by atoms with van der Waals surface area (Å²) < 4.78 is 9.97. The molecule has 10 heteroatoms. The number of aliphatic hydroxyl groups is 1. The maximum atomic E-state index is 13.8. The van der Waals surface area contributed by atoms with Gasteiger partial charge in [-0.1, -0.05) is 19.4 Å². The number of amides is 1. The molecule has 0 spiro atoms. The van der Waals surface area contributed by atoms with Crippen molar-refractivity contribution in [1.29, 1.82) is 0 Å². The first kappa shape index (κ1) is 29.6. The molecule has 1 heterocycles. The molecule has 0 aromatic carbocycles. The van der Waals surface area contributed by atoms with E-state index in [9.17, 15) is 33.9 Å². The van der Waals surface area contributed by atoms with Crippen LogP contribution in [0.15, 0.2) is 11.6 Å². The zero-order chi connectivity index (χ0) is 29.7. The van der Waals surface area contributed by atoms with Crippen LogP contribution >= 0.6 is 0 Å². The van der Waals surface area contributed by atoms with Gasteiger partial charge in [0.05, 0.1) is 13.5 Å². The molecule has 224 valence electrons.